The lowest BCUT2D eigenvalue weighted by Gasteiger charge is -2.26. The fraction of sp³-hybridized carbons (Fsp3) is 0.188. The monoisotopic (exact) mass is 274 g/mol. The van der Waals surface area contributed by atoms with Gasteiger partial charge in [0.15, 0.2) is 17.4 Å². The topological polar surface area (TPSA) is 26.3 Å². The van der Waals surface area contributed by atoms with Crippen molar-refractivity contribution in [1.29, 1.82) is 0 Å². The van der Waals surface area contributed by atoms with E-state index >= 15 is 0 Å². The molecular weight excluding hydrogens is 262 g/mol. The number of carbonyl (C=O) groups is 1. The lowest BCUT2D eigenvalue weighted by molar-refractivity contribution is 0.0844. The SMILES string of the molecule is Cc1ccc2c(c1)C(=O)CC(c1cccc(F)c1F)O2. The molecule has 0 aliphatic carbocycles. The molecule has 2 aromatic rings. The van der Waals surface area contributed by atoms with Crippen LogP contribution in [0.4, 0.5) is 8.78 Å². The molecule has 2 nitrogen and oxygen atoms in total. The molecule has 2 aromatic carbocycles. The Balaban J connectivity index is 2.01. The van der Waals surface area contributed by atoms with E-state index in [4.69, 9.17) is 4.74 Å². The Morgan fingerprint density at radius 3 is 2.80 bits per heavy atom. The first kappa shape index (κ1) is 12.8. The van der Waals surface area contributed by atoms with Crippen LogP contribution in [-0.2, 0) is 0 Å². The quantitative estimate of drug-likeness (QED) is 0.786. The highest BCUT2D eigenvalue weighted by molar-refractivity contribution is 6.00. The first-order valence-corrected chi connectivity index (χ1v) is 6.30. The highest BCUT2D eigenvalue weighted by Gasteiger charge is 2.30. The summed E-state index contributed by atoms with van der Waals surface area (Å²) < 4.78 is 32.7. The number of aryl methyl sites for hydroxylation is 1. The normalized spacial score (nSPS) is 17.6. The Bertz CT molecular complexity index is 695. The summed E-state index contributed by atoms with van der Waals surface area (Å²) in [5.74, 6) is -1.60. The Morgan fingerprint density at radius 2 is 2.00 bits per heavy atom. The van der Waals surface area contributed by atoms with E-state index in [9.17, 15) is 13.6 Å². The average molecular weight is 274 g/mol. The summed E-state index contributed by atoms with van der Waals surface area (Å²) in [6, 6.07) is 9.14. The van der Waals surface area contributed by atoms with E-state index in [1.165, 1.54) is 12.1 Å². The zero-order valence-electron chi connectivity index (χ0n) is 10.8. The lowest BCUT2D eigenvalue weighted by atomic mass is 9.95. The molecule has 102 valence electrons. The first-order valence-electron chi connectivity index (χ1n) is 6.30. The molecule has 1 unspecified atom stereocenters. The van der Waals surface area contributed by atoms with Gasteiger partial charge in [0.1, 0.15) is 11.9 Å². The summed E-state index contributed by atoms with van der Waals surface area (Å²) >= 11 is 0. The van der Waals surface area contributed by atoms with Crippen LogP contribution in [0.25, 0.3) is 0 Å². The Morgan fingerprint density at radius 1 is 1.20 bits per heavy atom. The summed E-state index contributed by atoms with van der Waals surface area (Å²) in [6.07, 6.45) is -0.773. The van der Waals surface area contributed by atoms with Gasteiger partial charge in [-0.05, 0) is 25.1 Å². The van der Waals surface area contributed by atoms with Gasteiger partial charge in [-0.3, -0.25) is 4.79 Å². The van der Waals surface area contributed by atoms with Crippen LogP contribution in [0.1, 0.15) is 34.0 Å². The Labute approximate surface area is 115 Å². The standard InChI is InChI=1S/C16H12F2O2/c1-9-5-6-14-11(7-9)13(19)8-15(20-14)10-3-2-4-12(17)16(10)18/h2-7,15H,8H2,1H3. The fourth-order valence-corrected chi connectivity index (χ4v) is 2.38. The fourth-order valence-electron chi connectivity index (χ4n) is 2.38. The van der Waals surface area contributed by atoms with Gasteiger partial charge in [0.05, 0.1) is 12.0 Å². The minimum atomic E-state index is -0.958. The molecule has 20 heavy (non-hydrogen) atoms. The van der Waals surface area contributed by atoms with Crippen molar-refractivity contribution in [3.8, 4) is 5.75 Å². The molecule has 3 rings (SSSR count). The van der Waals surface area contributed by atoms with Crippen LogP contribution in [0.5, 0.6) is 5.75 Å². The number of ether oxygens (including phenoxy) is 1. The number of fused-ring (bicyclic) bond motifs is 1. The molecule has 1 aliphatic rings. The molecular formula is C16H12F2O2. The van der Waals surface area contributed by atoms with Crippen molar-refractivity contribution in [2.45, 2.75) is 19.4 Å². The molecule has 0 N–H and O–H groups in total. The van der Waals surface area contributed by atoms with E-state index in [0.717, 1.165) is 11.6 Å². The molecule has 0 spiro atoms. The molecule has 0 amide bonds. The predicted molar refractivity (Wildman–Crippen MR) is 69.9 cm³/mol. The van der Waals surface area contributed by atoms with E-state index in [1.54, 1.807) is 12.1 Å². The van der Waals surface area contributed by atoms with Crippen molar-refractivity contribution in [3.05, 3.63) is 64.7 Å². The number of ketones is 1. The van der Waals surface area contributed by atoms with Gasteiger partial charge in [-0.15, -0.1) is 0 Å². The molecule has 0 saturated heterocycles. The van der Waals surface area contributed by atoms with Crippen LogP contribution < -0.4 is 4.74 Å². The second-order valence-corrected chi connectivity index (χ2v) is 4.88. The molecule has 0 fully saturated rings. The highest BCUT2D eigenvalue weighted by atomic mass is 19.2. The van der Waals surface area contributed by atoms with Gasteiger partial charge in [0.2, 0.25) is 0 Å². The van der Waals surface area contributed by atoms with Gasteiger partial charge in [0.25, 0.3) is 0 Å². The van der Waals surface area contributed by atoms with Gasteiger partial charge in [-0.1, -0.05) is 23.8 Å². The molecule has 1 heterocycles. The predicted octanol–water partition coefficient (Wildman–Crippen LogP) is 3.98. The van der Waals surface area contributed by atoms with Gasteiger partial charge in [0, 0.05) is 5.56 Å². The number of Topliss-reactive ketones (excluding diaryl/α,β-unsaturated/α-hetero) is 1. The van der Waals surface area contributed by atoms with Crippen LogP contribution in [0.2, 0.25) is 0 Å². The van der Waals surface area contributed by atoms with Crippen molar-refractivity contribution in [2.75, 3.05) is 0 Å². The number of hydrogen-bond donors (Lipinski definition) is 0. The molecule has 0 aromatic heterocycles. The van der Waals surface area contributed by atoms with E-state index in [0.29, 0.717) is 11.3 Å². The van der Waals surface area contributed by atoms with Crippen LogP contribution in [-0.4, -0.2) is 5.78 Å². The van der Waals surface area contributed by atoms with Gasteiger partial charge < -0.3 is 4.74 Å². The summed E-state index contributed by atoms with van der Waals surface area (Å²) in [6.45, 7) is 1.88. The van der Waals surface area contributed by atoms with Crippen molar-refractivity contribution in [3.63, 3.8) is 0 Å². The van der Waals surface area contributed by atoms with E-state index < -0.39 is 17.7 Å². The maximum Gasteiger partial charge on any atom is 0.170 e. The van der Waals surface area contributed by atoms with Gasteiger partial charge >= 0.3 is 0 Å². The highest BCUT2D eigenvalue weighted by Crippen LogP contribution is 2.36. The molecule has 0 radical (unpaired) electrons. The number of benzene rings is 2. The third-order valence-electron chi connectivity index (χ3n) is 3.40. The van der Waals surface area contributed by atoms with Crippen molar-refractivity contribution in [1.82, 2.24) is 0 Å². The average Bonchev–Trinajstić information content (AvgIpc) is 2.42. The van der Waals surface area contributed by atoms with Crippen molar-refractivity contribution >= 4 is 5.78 Å². The summed E-state index contributed by atoms with van der Waals surface area (Å²) in [7, 11) is 0. The maximum atomic E-state index is 13.8. The largest absolute Gasteiger partial charge is 0.484 e. The number of rotatable bonds is 1. The summed E-state index contributed by atoms with van der Waals surface area (Å²) in [4.78, 5) is 12.1. The van der Waals surface area contributed by atoms with Gasteiger partial charge in [-0.2, -0.15) is 0 Å². The minimum Gasteiger partial charge on any atom is -0.484 e. The van der Waals surface area contributed by atoms with Crippen LogP contribution in [0, 0.1) is 18.6 Å². The Kier molecular flexibility index (Phi) is 3.01. The minimum absolute atomic E-state index is 0.0107. The molecule has 0 bridgehead atoms. The maximum absolute atomic E-state index is 13.8. The van der Waals surface area contributed by atoms with E-state index in [2.05, 4.69) is 0 Å². The van der Waals surface area contributed by atoms with Crippen LogP contribution >= 0.6 is 0 Å². The third-order valence-corrected chi connectivity index (χ3v) is 3.40. The van der Waals surface area contributed by atoms with Gasteiger partial charge in [-0.25, -0.2) is 8.78 Å². The third kappa shape index (κ3) is 2.07. The zero-order valence-corrected chi connectivity index (χ0v) is 10.8. The second-order valence-electron chi connectivity index (χ2n) is 4.88. The lowest BCUT2D eigenvalue weighted by Crippen LogP contribution is -2.21. The number of halogens is 2. The molecule has 1 aliphatic heterocycles. The van der Waals surface area contributed by atoms with Crippen LogP contribution in [0.15, 0.2) is 36.4 Å². The smallest absolute Gasteiger partial charge is 0.170 e. The molecule has 0 saturated carbocycles. The molecule has 4 heteroatoms. The number of hydrogen-bond acceptors (Lipinski definition) is 2. The van der Waals surface area contributed by atoms with Crippen molar-refractivity contribution < 1.29 is 18.3 Å². The molecule has 1 atom stereocenters. The first-order chi connectivity index (χ1) is 9.56. The van der Waals surface area contributed by atoms with Crippen LogP contribution in [0.3, 0.4) is 0 Å². The summed E-state index contributed by atoms with van der Waals surface area (Å²) in [5, 5.41) is 0. The van der Waals surface area contributed by atoms with Crippen molar-refractivity contribution in [2.24, 2.45) is 0 Å². The Hall–Kier alpha value is -2.23. The van der Waals surface area contributed by atoms with E-state index in [-0.39, 0.29) is 17.8 Å². The second kappa shape index (κ2) is 4.71. The number of carbonyl (C=O) groups excluding carboxylic acids is 1. The summed E-state index contributed by atoms with van der Waals surface area (Å²) in [5.41, 5.74) is 1.53. The zero-order chi connectivity index (χ0) is 14.3. The van der Waals surface area contributed by atoms with E-state index in [1.807, 2.05) is 13.0 Å².